The highest BCUT2D eigenvalue weighted by atomic mass is 16.5. The van der Waals surface area contributed by atoms with Crippen LogP contribution in [0.3, 0.4) is 0 Å². The molecule has 0 bridgehead atoms. The Bertz CT molecular complexity index is 648. The number of nitrogens with zero attached hydrogens (tertiary/aromatic N) is 2. The molecule has 0 spiro atoms. The quantitative estimate of drug-likeness (QED) is 0.849. The molecule has 0 saturated carbocycles. The summed E-state index contributed by atoms with van der Waals surface area (Å²) in [4.78, 5) is 14.8. The molecule has 4 nitrogen and oxygen atoms in total. The van der Waals surface area contributed by atoms with Crippen molar-refractivity contribution in [3.63, 3.8) is 0 Å². The predicted molar refractivity (Wildman–Crippen MR) is 81.2 cm³/mol. The molecule has 1 aromatic carbocycles. The summed E-state index contributed by atoms with van der Waals surface area (Å²) in [6.45, 7) is 3.75. The van der Waals surface area contributed by atoms with Gasteiger partial charge in [-0.05, 0) is 30.7 Å². The topological polar surface area (TPSA) is 34.5 Å². The molecule has 1 aliphatic rings. The van der Waals surface area contributed by atoms with Crippen LogP contribution >= 0.6 is 0 Å². The summed E-state index contributed by atoms with van der Waals surface area (Å²) in [5.74, 6) is 0.0857. The molecule has 1 aliphatic heterocycles. The predicted octanol–water partition coefficient (Wildman–Crippen LogP) is 2.55. The van der Waals surface area contributed by atoms with Gasteiger partial charge in [0.2, 0.25) is 0 Å². The third-order valence-corrected chi connectivity index (χ3v) is 4.09. The van der Waals surface area contributed by atoms with Crippen LogP contribution in [0.25, 0.3) is 0 Å². The Morgan fingerprint density at radius 1 is 1.24 bits per heavy atom. The van der Waals surface area contributed by atoms with Gasteiger partial charge in [0.15, 0.2) is 0 Å². The number of benzene rings is 1. The van der Waals surface area contributed by atoms with Crippen molar-refractivity contribution in [3.05, 3.63) is 59.4 Å². The first-order valence-corrected chi connectivity index (χ1v) is 7.24. The number of amides is 1. The number of rotatable bonds is 2. The number of hydrogen-bond donors (Lipinski definition) is 0. The van der Waals surface area contributed by atoms with Crippen LogP contribution in [-0.2, 0) is 11.8 Å². The monoisotopic (exact) mass is 284 g/mol. The number of hydrogen-bond acceptors (Lipinski definition) is 2. The van der Waals surface area contributed by atoms with E-state index in [0.29, 0.717) is 19.8 Å². The van der Waals surface area contributed by atoms with E-state index in [4.69, 9.17) is 4.74 Å². The van der Waals surface area contributed by atoms with Gasteiger partial charge in [-0.2, -0.15) is 0 Å². The van der Waals surface area contributed by atoms with Gasteiger partial charge in [-0.3, -0.25) is 4.79 Å². The smallest absolute Gasteiger partial charge is 0.254 e. The first kappa shape index (κ1) is 13.9. The van der Waals surface area contributed by atoms with E-state index in [1.54, 1.807) is 0 Å². The highest BCUT2D eigenvalue weighted by Crippen LogP contribution is 2.26. The average Bonchev–Trinajstić information content (AvgIpc) is 2.93. The second-order valence-corrected chi connectivity index (χ2v) is 5.45. The van der Waals surface area contributed by atoms with Crippen LogP contribution in [0.1, 0.15) is 27.7 Å². The summed E-state index contributed by atoms with van der Waals surface area (Å²) >= 11 is 0. The molecule has 0 N–H and O–H groups in total. The van der Waals surface area contributed by atoms with Crippen LogP contribution in [0.5, 0.6) is 0 Å². The van der Waals surface area contributed by atoms with E-state index in [-0.39, 0.29) is 11.9 Å². The Morgan fingerprint density at radius 2 is 2.05 bits per heavy atom. The molecule has 110 valence electrons. The Morgan fingerprint density at radius 3 is 2.76 bits per heavy atom. The fourth-order valence-electron chi connectivity index (χ4n) is 2.88. The zero-order valence-corrected chi connectivity index (χ0v) is 12.5. The maximum atomic E-state index is 12.9. The van der Waals surface area contributed by atoms with Crippen molar-refractivity contribution >= 4 is 5.91 Å². The van der Waals surface area contributed by atoms with Crippen LogP contribution in [0.2, 0.25) is 0 Å². The van der Waals surface area contributed by atoms with Gasteiger partial charge in [-0.1, -0.05) is 18.2 Å². The average molecular weight is 284 g/mol. The van der Waals surface area contributed by atoms with Crippen molar-refractivity contribution in [2.24, 2.45) is 7.05 Å². The van der Waals surface area contributed by atoms with Crippen LogP contribution in [-0.4, -0.2) is 35.1 Å². The van der Waals surface area contributed by atoms with Gasteiger partial charge >= 0.3 is 0 Å². The van der Waals surface area contributed by atoms with E-state index in [0.717, 1.165) is 16.8 Å². The lowest BCUT2D eigenvalue weighted by Crippen LogP contribution is -2.44. The minimum atomic E-state index is -0.0224. The molecule has 0 unspecified atom stereocenters. The van der Waals surface area contributed by atoms with Gasteiger partial charge in [0.25, 0.3) is 5.91 Å². The van der Waals surface area contributed by atoms with Crippen molar-refractivity contribution in [2.75, 3.05) is 19.8 Å². The summed E-state index contributed by atoms with van der Waals surface area (Å²) in [5, 5.41) is 0. The molecule has 1 fully saturated rings. The lowest BCUT2D eigenvalue weighted by atomic mass is 10.0. The summed E-state index contributed by atoms with van der Waals surface area (Å²) in [5.41, 5.74) is 2.90. The SMILES string of the molecule is Cc1ccccc1C(=O)N1CCOC[C@H]1c1cccn1C. The molecular weight excluding hydrogens is 264 g/mol. The van der Waals surface area contributed by atoms with E-state index < -0.39 is 0 Å². The zero-order valence-electron chi connectivity index (χ0n) is 12.5. The largest absolute Gasteiger partial charge is 0.377 e. The van der Waals surface area contributed by atoms with Crippen LogP contribution < -0.4 is 0 Å². The fraction of sp³-hybridized carbons (Fsp3) is 0.353. The minimum Gasteiger partial charge on any atom is -0.377 e. The van der Waals surface area contributed by atoms with Gasteiger partial charge in [0.05, 0.1) is 19.3 Å². The first-order chi connectivity index (χ1) is 10.2. The summed E-state index contributed by atoms with van der Waals surface area (Å²) in [6.07, 6.45) is 2.00. The molecule has 3 rings (SSSR count). The fourth-order valence-corrected chi connectivity index (χ4v) is 2.88. The molecule has 1 saturated heterocycles. The molecule has 1 amide bonds. The Kier molecular flexibility index (Phi) is 3.80. The molecule has 2 heterocycles. The standard InChI is InChI=1S/C17H20N2O2/c1-13-6-3-4-7-14(13)17(20)19-10-11-21-12-16(19)15-8-5-9-18(15)2/h3-9,16H,10-12H2,1-2H3/t16-/m0/s1. The summed E-state index contributed by atoms with van der Waals surface area (Å²) in [7, 11) is 2.00. The first-order valence-electron chi connectivity index (χ1n) is 7.24. The van der Waals surface area contributed by atoms with Gasteiger partial charge in [0, 0.05) is 31.0 Å². The maximum Gasteiger partial charge on any atom is 0.254 e. The van der Waals surface area contributed by atoms with Crippen LogP contribution in [0.4, 0.5) is 0 Å². The van der Waals surface area contributed by atoms with Crippen molar-refractivity contribution in [3.8, 4) is 0 Å². The van der Waals surface area contributed by atoms with E-state index in [2.05, 4.69) is 10.6 Å². The van der Waals surface area contributed by atoms with Gasteiger partial charge in [-0.25, -0.2) is 0 Å². The minimum absolute atomic E-state index is 0.0224. The molecule has 1 aromatic heterocycles. The van der Waals surface area contributed by atoms with Crippen molar-refractivity contribution < 1.29 is 9.53 Å². The third-order valence-electron chi connectivity index (χ3n) is 4.09. The number of carbonyl (C=O) groups is 1. The Hall–Kier alpha value is -2.07. The normalized spacial score (nSPS) is 18.8. The highest BCUT2D eigenvalue weighted by molar-refractivity contribution is 5.96. The number of carbonyl (C=O) groups excluding carboxylic acids is 1. The van der Waals surface area contributed by atoms with E-state index >= 15 is 0 Å². The Balaban J connectivity index is 1.93. The van der Waals surface area contributed by atoms with E-state index in [1.807, 2.05) is 55.4 Å². The molecule has 0 aliphatic carbocycles. The van der Waals surface area contributed by atoms with Gasteiger partial charge in [0.1, 0.15) is 0 Å². The van der Waals surface area contributed by atoms with Gasteiger partial charge < -0.3 is 14.2 Å². The number of morpholine rings is 1. The third kappa shape index (κ3) is 2.59. The highest BCUT2D eigenvalue weighted by Gasteiger charge is 2.31. The number of aromatic nitrogens is 1. The van der Waals surface area contributed by atoms with Crippen LogP contribution in [0.15, 0.2) is 42.6 Å². The molecule has 0 radical (unpaired) electrons. The van der Waals surface area contributed by atoms with Crippen molar-refractivity contribution in [2.45, 2.75) is 13.0 Å². The number of aryl methyl sites for hydroxylation is 2. The van der Waals surface area contributed by atoms with Crippen molar-refractivity contribution in [1.29, 1.82) is 0 Å². The zero-order chi connectivity index (χ0) is 14.8. The van der Waals surface area contributed by atoms with Crippen molar-refractivity contribution in [1.82, 2.24) is 9.47 Å². The molecule has 2 aromatic rings. The lowest BCUT2D eigenvalue weighted by molar-refractivity contribution is -0.00467. The summed E-state index contributed by atoms with van der Waals surface area (Å²) < 4.78 is 7.65. The molecular formula is C17H20N2O2. The van der Waals surface area contributed by atoms with Crippen LogP contribution in [0, 0.1) is 6.92 Å². The maximum absolute atomic E-state index is 12.9. The second-order valence-electron chi connectivity index (χ2n) is 5.45. The van der Waals surface area contributed by atoms with E-state index in [1.165, 1.54) is 0 Å². The second kappa shape index (κ2) is 5.74. The summed E-state index contributed by atoms with van der Waals surface area (Å²) in [6, 6.07) is 11.8. The molecule has 4 heteroatoms. The molecule has 1 atom stereocenters. The number of ether oxygens (including phenoxy) is 1. The lowest BCUT2D eigenvalue weighted by Gasteiger charge is -2.36. The van der Waals surface area contributed by atoms with Gasteiger partial charge in [-0.15, -0.1) is 0 Å². The molecule has 21 heavy (non-hydrogen) atoms. The van der Waals surface area contributed by atoms with E-state index in [9.17, 15) is 4.79 Å². The Labute approximate surface area is 124 Å².